The van der Waals surface area contributed by atoms with Gasteiger partial charge in [0.15, 0.2) is 11.4 Å². The van der Waals surface area contributed by atoms with E-state index in [0.717, 1.165) is 22.5 Å². The summed E-state index contributed by atoms with van der Waals surface area (Å²) in [6, 6.07) is 5.55. The van der Waals surface area contributed by atoms with Crippen LogP contribution < -0.4 is 4.74 Å². The zero-order valence-corrected chi connectivity index (χ0v) is 19.2. The Morgan fingerprint density at radius 1 is 1.18 bits per heavy atom. The van der Waals surface area contributed by atoms with Gasteiger partial charge < -0.3 is 4.74 Å². The maximum atomic E-state index is 14.0. The molecule has 4 aromatic rings. The van der Waals surface area contributed by atoms with E-state index in [9.17, 15) is 13.6 Å². The molecule has 0 N–H and O–H groups in total. The number of aromatic nitrogens is 4. The second-order valence-corrected chi connectivity index (χ2v) is 9.04. The van der Waals surface area contributed by atoms with Crippen LogP contribution >= 0.6 is 0 Å². The minimum absolute atomic E-state index is 0.122. The highest BCUT2D eigenvalue weighted by Crippen LogP contribution is 2.33. The number of pyridine rings is 1. The van der Waals surface area contributed by atoms with Gasteiger partial charge in [-0.2, -0.15) is 5.10 Å². The number of ketones is 1. The number of rotatable bonds is 9. The first-order valence-electron chi connectivity index (χ1n) is 11.5. The van der Waals surface area contributed by atoms with E-state index in [-0.39, 0.29) is 18.0 Å². The van der Waals surface area contributed by atoms with Gasteiger partial charge in [0.1, 0.15) is 24.0 Å². The molecular formula is C26H26F2N4O2. The highest BCUT2D eigenvalue weighted by Gasteiger charge is 2.24. The molecule has 8 heteroatoms. The lowest BCUT2D eigenvalue weighted by atomic mass is 10.1. The Kier molecular flexibility index (Phi) is 5.89. The quantitative estimate of drug-likeness (QED) is 0.331. The third kappa shape index (κ3) is 4.58. The third-order valence-corrected chi connectivity index (χ3v) is 6.17. The van der Waals surface area contributed by atoms with Gasteiger partial charge in [0.05, 0.1) is 23.1 Å². The monoisotopic (exact) mass is 464 g/mol. The standard InChI is InChI=1S/C26H26F2N4O2/c1-16-10-24(34-15-21-22(27)4-3-5-23(21)28)26-30-17(2)25(32(26)13-16)19-12-29-31(14-19)9-8-20(33)11-18-6-7-18/h3-5,10,12-14,18H,6-9,11,15H2,1-2H3. The Labute approximate surface area is 196 Å². The number of nitrogens with zero attached hydrogens (tertiary/aromatic N) is 4. The molecular weight excluding hydrogens is 438 g/mol. The van der Waals surface area contributed by atoms with E-state index in [1.54, 1.807) is 16.9 Å². The van der Waals surface area contributed by atoms with Crippen molar-refractivity contribution in [3.05, 3.63) is 71.3 Å². The third-order valence-electron chi connectivity index (χ3n) is 6.17. The number of Topliss-reactive ketones (excluding diaryl/α,β-unsaturated/α-hetero) is 1. The van der Waals surface area contributed by atoms with Crippen LogP contribution in [0.25, 0.3) is 16.9 Å². The van der Waals surface area contributed by atoms with Crippen LogP contribution in [-0.2, 0) is 17.9 Å². The van der Waals surface area contributed by atoms with E-state index in [1.165, 1.54) is 31.0 Å². The fraction of sp³-hybridized carbons (Fsp3) is 0.346. The molecule has 0 radical (unpaired) electrons. The summed E-state index contributed by atoms with van der Waals surface area (Å²) < 4.78 is 37.6. The number of hydrogen-bond donors (Lipinski definition) is 0. The van der Waals surface area contributed by atoms with Gasteiger partial charge >= 0.3 is 0 Å². The Morgan fingerprint density at radius 3 is 2.68 bits per heavy atom. The van der Waals surface area contributed by atoms with Crippen molar-refractivity contribution in [2.45, 2.75) is 52.7 Å². The SMILES string of the molecule is Cc1cc(OCc2c(F)cccc2F)c2nc(C)c(-c3cnn(CCC(=O)CC4CC4)c3)n2c1. The predicted molar refractivity (Wildman–Crippen MR) is 124 cm³/mol. The highest BCUT2D eigenvalue weighted by atomic mass is 19.1. The Balaban J connectivity index is 1.40. The molecule has 1 aromatic carbocycles. The second-order valence-electron chi connectivity index (χ2n) is 9.04. The number of halogens is 2. The van der Waals surface area contributed by atoms with Crippen LogP contribution in [0.15, 0.2) is 42.9 Å². The van der Waals surface area contributed by atoms with Gasteiger partial charge in [0.25, 0.3) is 0 Å². The Hall–Kier alpha value is -3.55. The van der Waals surface area contributed by atoms with Gasteiger partial charge in [-0.1, -0.05) is 6.07 Å². The van der Waals surface area contributed by atoms with Crippen LogP contribution in [0.1, 0.15) is 42.5 Å². The van der Waals surface area contributed by atoms with E-state index in [2.05, 4.69) is 10.1 Å². The average molecular weight is 465 g/mol. The number of benzene rings is 1. The lowest BCUT2D eigenvalue weighted by Crippen LogP contribution is -2.06. The first-order valence-corrected chi connectivity index (χ1v) is 11.5. The summed E-state index contributed by atoms with van der Waals surface area (Å²) >= 11 is 0. The van der Waals surface area contributed by atoms with E-state index in [4.69, 9.17) is 4.74 Å². The first kappa shape index (κ1) is 22.3. The van der Waals surface area contributed by atoms with Crippen molar-refractivity contribution >= 4 is 11.4 Å². The van der Waals surface area contributed by atoms with Crippen molar-refractivity contribution in [2.75, 3.05) is 0 Å². The molecule has 34 heavy (non-hydrogen) atoms. The Bertz CT molecular complexity index is 1350. The van der Waals surface area contributed by atoms with E-state index < -0.39 is 11.6 Å². The average Bonchev–Trinajstić information content (AvgIpc) is 3.37. The van der Waals surface area contributed by atoms with Gasteiger partial charge in [-0.3, -0.25) is 13.9 Å². The molecule has 1 aliphatic carbocycles. The summed E-state index contributed by atoms with van der Waals surface area (Å²) in [5, 5.41) is 4.44. The first-order chi connectivity index (χ1) is 16.4. The van der Waals surface area contributed by atoms with Crippen molar-refractivity contribution in [1.29, 1.82) is 0 Å². The van der Waals surface area contributed by atoms with Gasteiger partial charge in [-0.15, -0.1) is 0 Å². The summed E-state index contributed by atoms with van der Waals surface area (Å²) in [6.45, 7) is 4.12. The molecule has 1 aliphatic rings. The molecule has 0 bridgehead atoms. The molecule has 0 aliphatic heterocycles. The number of aryl methyl sites for hydroxylation is 3. The summed E-state index contributed by atoms with van der Waals surface area (Å²) in [6.07, 6.45) is 9.12. The van der Waals surface area contributed by atoms with Gasteiger partial charge in [-0.25, -0.2) is 13.8 Å². The molecule has 0 atom stereocenters. The molecule has 3 aromatic heterocycles. The number of hydrogen-bond acceptors (Lipinski definition) is 4. The van der Waals surface area contributed by atoms with Crippen LogP contribution in [0.4, 0.5) is 8.78 Å². The number of imidazole rings is 1. The van der Waals surface area contributed by atoms with Crippen LogP contribution in [0.3, 0.4) is 0 Å². The molecule has 6 nitrogen and oxygen atoms in total. The fourth-order valence-corrected chi connectivity index (χ4v) is 4.23. The van der Waals surface area contributed by atoms with E-state index in [0.29, 0.717) is 36.7 Å². The summed E-state index contributed by atoms with van der Waals surface area (Å²) in [5.74, 6) is 0.0270. The van der Waals surface area contributed by atoms with Crippen LogP contribution in [0.2, 0.25) is 0 Å². The minimum Gasteiger partial charge on any atom is -0.485 e. The van der Waals surface area contributed by atoms with Gasteiger partial charge in [0, 0.05) is 37.3 Å². The highest BCUT2D eigenvalue weighted by molar-refractivity contribution is 5.78. The maximum absolute atomic E-state index is 14.0. The molecule has 1 fully saturated rings. The number of carbonyl (C=O) groups is 1. The molecule has 0 unspecified atom stereocenters. The maximum Gasteiger partial charge on any atom is 0.180 e. The molecule has 176 valence electrons. The largest absolute Gasteiger partial charge is 0.485 e. The topological polar surface area (TPSA) is 61.4 Å². The molecule has 0 saturated heterocycles. The molecule has 1 saturated carbocycles. The predicted octanol–water partition coefficient (Wildman–Crippen LogP) is 5.43. The van der Waals surface area contributed by atoms with Crippen molar-refractivity contribution < 1.29 is 18.3 Å². The van der Waals surface area contributed by atoms with Crippen molar-refractivity contribution in [3.8, 4) is 17.0 Å². The Morgan fingerprint density at radius 2 is 1.94 bits per heavy atom. The van der Waals surface area contributed by atoms with Crippen LogP contribution in [-0.4, -0.2) is 24.9 Å². The minimum atomic E-state index is -0.646. The lowest BCUT2D eigenvalue weighted by molar-refractivity contribution is -0.119. The van der Waals surface area contributed by atoms with Crippen molar-refractivity contribution in [1.82, 2.24) is 19.2 Å². The van der Waals surface area contributed by atoms with Crippen LogP contribution in [0.5, 0.6) is 5.75 Å². The summed E-state index contributed by atoms with van der Waals surface area (Å²) in [7, 11) is 0. The van der Waals surface area contributed by atoms with E-state index in [1.807, 2.05) is 30.6 Å². The smallest absolute Gasteiger partial charge is 0.180 e. The molecule has 5 rings (SSSR count). The fourth-order valence-electron chi connectivity index (χ4n) is 4.23. The second kappa shape index (κ2) is 9.00. The number of carbonyl (C=O) groups excluding carboxylic acids is 1. The summed E-state index contributed by atoms with van der Waals surface area (Å²) in [5.41, 5.74) is 3.85. The lowest BCUT2D eigenvalue weighted by Gasteiger charge is -2.11. The zero-order valence-electron chi connectivity index (χ0n) is 19.2. The van der Waals surface area contributed by atoms with E-state index >= 15 is 0 Å². The molecule has 0 amide bonds. The normalized spacial score (nSPS) is 13.5. The molecule has 0 spiro atoms. The number of fused-ring (bicyclic) bond motifs is 1. The number of ether oxygens (including phenoxy) is 1. The molecule has 3 heterocycles. The van der Waals surface area contributed by atoms with Crippen LogP contribution in [0, 0.1) is 31.4 Å². The van der Waals surface area contributed by atoms with Gasteiger partial charge in [-0.05, 0) is 56.4 Å². The zero-order chi connectivity index (χ0) is 23.8. The van der Waals surface area contributed by atoms with Crippen molar-refractivity contribution in [3.63, 3.8) is 0 Å². The van der Waals surface area contributed by atoms with Crippen molar-refractivity contribution in [2.24, 2.45) is 5.92 Å². The summed E-state index contributed by atoms with van der Waals surface area (Å²) in [4.78, 5) is 16.8. The van der Waals surface area contributed by atoms with Gasteiger partial charge in [0.2, 0.25) is 0 Å².